The second kappa shape index (κ2) is 8.30. The van der Waals surface area contributed by atoms with Crippen LogP contribution in [0.1, 0.15) is 32.3 Å². The highest BCUT2D eigenvalue weighted by Crippen LogP contribution is 2.24. The number of piperidine rings is 1. The maximum Gasteiger partial charge on any atom is 0.127 e. The molecule has 0 unspecified atom stereocenters. The molecule has 0 aromatic heterocycles. The van der Waals surface area contributed by atoms with Crippen LogP contribution in [0.4, 0.5) is 4.39 Å². The van der Waals surface area contributed by atoms with Gasteiger partial charge in [0.05, 0.1) is 0 Å². The van der Waals surface area contributed by atoms with Gasteiger partial charge in [-0.05, 0) is 86.3 Å². The summed E-state index contributed by atoms with van der Waals surface area (Å²) in [6.07, 6.45) is 4.93. The Balaban J connectivity index is 1.57. The second-order valence-electron chi connectivity index (χ2n) is 6.95. The molecule has 0 spiro atoms. The molecule has 0 radical (unpaired) electrons. The zero-order chi connectivity index (χ0) is 17.6. The van der Waals surface area contributed by atoms with E-state index in [9.17, 15) is 4.39 Å². The van der Waals surface area contributed by atoms with Crippen LogP contribution in [0.3, 0.4) is 0 Å². The van der Waals surface area contributed by atoms with Gasteiger partial charge in [-0.1, -0.05) is 25.1 Å². The minimum atomic E-state index is -0.258. The minimum Gasteiger partial charge on any atom is -0.457 e. The van der Waals surface area contributed by atoms with Crippen molar-refractivity contribution in [3.8, 4) is 11.5 Å². The van der Waals surface area contributed by atoms with Gasteiger partial charge in [0.15, 0.2) is 0 Å². The quantitative estimate of drug-likeness (QED) is 0.687. The highest BCUT2D eigenvalue weighted by atomic mass is 19.1. The van der Waals surface area contributed by atoms with Crippen LogP contribution in [0.25, 0.3) is 5.57 Å². The average molecular weight is 339 g/mol. The normalized spacial score (nSPS) is 16.8. The van der Waals surface area contributed by atoms with Crippen molar-refractivity contribution in [3.63, 3.8) is 0 Å². The number of ether oxygens (including phenoxy) is 1. The molecule has 0 amide bonds. The largest absolute Gasteiger partial charge is 0.457 e. The van der Waals surface area contributed by atoms with Crippen molar-refractivity contribution in [2.75, 3.05) is 19.6 Å². The van der Waals surface area contributed by atoms with Gasteiger partial charge in [-0.25, -0.2) is 4.39 Å². The highest BCUT2D eigenvalue weighted by Gasteiger charge is 2.14. The molecule has 25 heavy (non-hydrogen) atoms. The summed E-state index contributed by atoms with van der Waals surface area (Å²) in [6, 6.07) is 14.1. The van der Waals surface area contributed by atoms with Crippen LogP contribution >= 0.6 is 0 Å². The predicted molar refractivity (Wildman–Crippen MR) is 101 cm³/mol. The third-order valence-electron chi connectivity index (χ3n) is 4.89. The predicted octanol–water partition coefficient (Wildman–Crippen LogP) is 5.75. The Morgan fingerprint density at radius 3 is 2.20 bits per heavy atom. The van der Waals surface area contributed by atoms with E-state index in [1.165, 1.54) is 49.2 Å². The summed E-state index contributed by atoms with van der Waals surface area (Å²) in [7, 11) is 0. The maximum absolute atomic E-state index is 12.9. The number of halogens is 1. The molecule has 2 aromatic carbocycles. The first-order chi connectivity index (χ1) is 12.1. The fourth-order valence-electron chi connectivity index (χ4n) is 3.05. The smallest absolute Gasteiger partial charge is 0.127 e. The second-order valence-corrected chi connectivity index (χ2v) is 6.95. The fourth-order valence-corrected chi connectivity index (χ4v) is 3.05. The molecule has 1 aliphatic rings. The number of rotatable bonds is 5. The molecular weight excluding hydrogens is 313 g/mol. The molecule has 1 aliphatic heterocycles. The van der Waals surface area contributed by atoms with E-state index >= 15 is 0 Å². The lowest BCUT2D eigenvalue weighted by molar-refractivity contribution is 0.210. The van der Waals surface area contributed by atoms with Crippen molar-refractivity contribution >= 4 is 5.57 Å². The Kier molecular flexibility index (Phi) is 5.87. The third kappa shape index (κ3) is 5.17. The summed E-state index contributed by atoms with van der Waals surface area (Å²) < 4.78 is 18.7. The SMILES string of the molecule is CC(=CCN1CCC(C)CC1)c1ccc(Oc2ccc(F)cc2)cc1. The van der Waals surface area contributed by atoms with Gasteiger partial charge in [0.25, 0.3) is 0 Å². The molecule has 0 saturated carbocycles. The van der Waals surface area contributed by atoms with Gasteiger partial charge in [0.1, 0.15) is 17.3 Å². The van der Waals surface area contributed by atoms with E-state index in [2.05, 4.69) is 37.0 Å². The summed E-state index contributed by atoms with van der Waals surface area (Å²) in [5, 5.41) is 0. The molecule has 0 N–H and O–H groups in total. The van der Waals surface area contributed by atoms with Crippen molar-refractivity contribution in [1.82, 2.24) is 4.90 Å². The first-order valence-corrected chi connectivity index (χ1v) is 9.03. The Morgan fingerprint density at radius 2 is 1.60 bits per heavy atom. The van der Waals surface area contributed by atoms with Crippen LogP contribution in [0, 0.1) is 11.7 Å². The summed E-state index contributed by atoms with van der Waals surface area (Å²) in [6.45, 7) is 7.92. The van der Waals surface area contributed by atoms with Crippen LogP contribution < -0.4 is 4.74 Å². The first kappa shape index (κ1) is 17.7. The molecule has 1 fully saturated rings. The topological polar surface area (TPSA) is 12.5 Å². The van der Waals surface area contributed by atoms with Crippen molar-refractivity contribution in [3.05, 3.63) is 66.0 Å². The third-order valence-corrected chi connectivity index (χ3v) is 4.89. The first-order valence-electron chi connectivity index (χ1n) is 9.03. The lowest BCUT2D eigenvalue weighted by Crippen LogP contribution is -2.32. The Bertz CT molecular complexity index is 698. The number of hydrogen-bond acceptors (Lipinski definition) is 2. The van der Waals surface area contributed by atoms with Gasteiger partial charge < -0.3 is 4.74 Å². The zero-order valence-corrected chi connectivity index (χ0v) is 15.0. The van der Waals surface area contributed by atoms with Crippen LogP contribution in [-0.2, 0) is 0 Å². The highest BCUT2D eigenvalue weighted by molar-refractivity contribution is 5.64. The minimum absolute atomic E-state index is 0.258. The van der Waals surface area contributed by atoms with Gasteiger partial charge in [-0.3, -0.25) is 4.90 Å². The molecule has 0 atom stereocenters. The van der Waals surface area contributed by atoms with E-state index in [0.717, 1.165) is 18.2 Å². The van der Waals surface area contributed by atoms with E-state index in [1.807, 2.05) is 12.1 Å². The molecule has 132 valence electrons. The molecule has 1 saturated heterocycles. The van der Waals surface area contributed by atoms with Gasteiger partial charge in [0, 0.05) is 6.54 Å². The van der Waals surface area contributed by atoms with Gasteiger partial charge in [-0.2, -0.15) is 0 Å². The van der Waals surface area contributed by atoms with Crippen LogP contribution in [0.15, 0.2) is 54.6 Å². The Morgan fingerprint density at radius 1 is 1.04 bits per heavy atom. The molecule has 3 heteroatoms. The molecule has 0 aliphatic carbocycles. The van der Waals surface area contributed by atoms with Crippen LogP contribution in [0.5, 0.6) is 11.5 Å². The molecule has 1 heterocycles. The van der Waals surface area contributed by atoms with E-state index in [1.54, 1.807) is 12.1 Å². The molecule has 2 aromatic rings. The number of benzene rings is 2. The fraction of sp³-hybridized carbons (Fsp3) is 0.364. The summed E-state index contributed by atoms with van der Waals surface area (Å²) in [5.41, 5.74) is 2.49. The lowest BCUT2D eigenvalue weighted by Gasteiger charge is -2.29. The van der Waals surface area contributed by atoms with Gasteiger partial charge in [0.2, 0.25) is 0 Å². The van der Waals surface area contributed by atoms with Gasteiger partial charge >= 0.3 is 0 Å². The van der Waals surface area contributed by atoms with E-state index < -0.39 is 0 Å². The molecule has 2 nitrogen and oxygen atoms in total. The van der Waals surface area contributed by atoms with E-state index in [-0.39, 0.29) is 5.82 Å². The standard InChI is InChI=1S/C22H26FNO/c1-17-11-14-24(15-12-17)16-13-18(2)19-3-7-21(8-4-19)25-22-9-5-20(23)6-10-22/h3-10,13,17H,11-12,14-16H2,1-2H3. The number of likely N-dealkylation sites (tertiary alicyclic amines) is 1. The van der Waals surface area contributed by atoms with Crippen LogP contribution in [-0.4, -0.2) is 24.5 Å². The monoisotopic (exact) mass is 339 g/mol. The zero-order valence-electron chi connectivity index (χ0n) is 15.0. The van der Waals surface area contributed by atoms with E-state index in [4.69, 9.17) is 4.74 Å². The van der Waals surface area contributed by atoms with Crippen molar-refractivity contribution in [1.29, 1.82) is 0 Å². The maximum atomic E-state index is 12.9. The van der Waals surface area contributed by atoms with Crippen molar-refractivity contribution in [2.24, 2.45) is 5.92 Å². The average Bonchev–Trinajstić information content (AvgIpc) is 2.63. The molecule has 3 rings (SSSR count). The lowest BCUT2D eigenvalue weighted by atomic mass is 9.99. The number of nitrogens with zero attached hydrogens (tertiary/aromatic N) is 1. The van der Waals surface area contributed by atoms with E-state index in [0.29, 0.717) is 5.75 Å². The summed E-state index contributed by atoms with van der Waals surface area (Å²) in [4.78, 5) is 2.52. The molecular formula is C22H26FNO. The number of allylic oxidation sites excluding steroid dienone is 1. The van der Waals surface area contributed by atoms with Crippen molar-refractivity contribution in [2.45, 2.75) is 26.7 Å². The Labute approximate surface area is 149 Å². The summed E-state index contributed by atoms with van der Waals surface area (Å²) in [5.74, 6) is 2.01. The molecule has 0 bridgehead atoms. The summed E-state index contributed by atoms with van der Waals surface area (Å²) >= 11 is 0. The number of hydrogen-bond donors (Lipinski definition) is 0. The Hall–Kier alpha value is -2.13. The van der Waals surface area contributed by atoms with Crippen molar-refractivity contribution < 1.29 is 9.13 Å². The van der Waals surface area contributed by atoms with Gasteiger partial charge in [-0.15, -0.1) is 0 Å². The van der Waals surface area contributed by atoms with Crippen LogP contribution in [0.2, 0.25) is 0 Å².